The monoisotopic (exact) mass is 303 g/mol. The minimum atomic E-state index is -0.921. The van der Waals surface area contributed by atoms with Crippen molar-refractivity contribution in [2.45, 2.75) is 37.3 Å². The number of aliphatic hydroxyl groups is 1. The second kappa shape index (κ2) is 5.82. The second-order valence-corrected chi connectivity index (χ2v) is 6.47. The van der Waals surface area contributed by atoms with Gasteiger partial charge in [-0.15, -0.1) is 0 Å². The number of nitrogens with one attached hydrogen (secondary N) is 1. The smallest absolute Gasteiger partial charge is 0.123 e. The molecule has 0 saturated heterocycles. The van der Waals surface area contributed by atoms with Crippen LogP contribution in [0.15, 0.2) is 36.7 Å². The molecule has 2 aromatic rings. The van der Waals surface area contributed by atoms with E-state index in [1.165, 1.54) is 17.7 Å². The molecule has 118 valence electrons. The molecule has 1 heterocycles. The first-order valence-electron chi connectivity index (χ1n) is 7.64. The molecule has 0 radical (unpaired) electrons. The van der Waals surface area contributed by atoms with Gasteiger partial charge in [0.25, 0.3) is 0 Å². The fourth-order valence-electron chi connectivity index (χ4n) is 2.94. The van der Waals surface area contributed by atoms with Crippen molar-refractivity contribution in [3.63, 3.8) is 0 Å². The quantitative estimate of drug-likeness (QED) is 0.891. The third kappa shape index (κ3) is 3.20. The first-order chi connectivity index (χ1) is 10.4. The van der Waals surface area contributed by atoms with E-state index in [1.807, 2.05) is 25.4 Å². The molecule has 1 aromatic heterocycles. The summed E-state index contributed by atoms with van der Waals surface area (Å²) < 4.78 is 14.6. The van der Waals surface area contributed by atoms with Crippen LogP contribution in [-0.2, 0) is 12.6 Å². The Morgan fingerprint density at radius 2 is 2.05 bits per heavy atom. The molecule has 0 bridgehead atoms. The number of hydrogen-bond donors (Lipinski definition) is 2. The Hall–Kier alpha value is -1.72. The van der Waals surface area contributed by atoms with Crippen molar-refractivity contribution in [3.8, 4) is 0 Å². The van der Waals surface area contributed by atoms with Crippen molar-refractivity contribution in [2.75, 3.05) is 6.54 Å². The van der Waals surface area contributed by atoms with Gasteiger partial charge in [0.2, 0.25) is 0 Å². The number of hydrogen-bond acceptors (Lipinski definition) is 3. The number of rotatable bonds is 5. The zero-order valence-corrected chi connectivity index (χ0v) is 13.0. The molecule has 4 nitrogen and oxygen atoms in total. The first-order valence-corrected chi connectivity index (χ1v) is 7.64. The van der Waals surface area contributed by atoms with Crippen LogP contribution in [0.5, 0.6) is 0 Å². The summed E-state index contributed by atoms with van der Waals surface area (Å²) in [6.07, 6.45) is 5.58. The molecule has 1 fully saturated rings. The van der Waals surface area contributed by atoms with Crippen LogP contribution < -0.4 is 5.32 Å². The SMILES string of the molecule is Cn1cc([C@](C)(O)CNC2CC(c3ccc(F)cc3)C2)cn1. The number of aryl methyl sites for hydroxylation is 1. The van der Waals surface area contributed by atoms with Crippen LogP contribution in [0.1, 0.15) is 36.8 Å². The first kappa shape index (κ1) is 15.2. The predicted octanol–water partition coefficient (Wildman–Crippen LogP) is 2.30. The van der Waals surface area contributed by atoms with Crippen LogP contribution >= 0.6 is 0 Å². The number of aromatic nitrogens is 2. The molecule has 1 saturated carbocycles. The van der Waals surface area contributed by atoms with Crippen LogP contribution in [0.4, 0.5) is 4.39 Å². The fraction of sp³-hybridized carbons (Fsp3) is 0.471. The van der Waals surface area contributed by atoms with E-state index in [0.29, 0.717) is 18.5 Å². The van der Waals surface area contributed by atoms with E-state index in [1.54, 1.807) is 17.8 Å². The number of nitrogens with zero attached hydrogens (tertiary/aromatic N) is 2. The maximum atomic E-state index is 12.9. The molecule has 3 rings (SSSR count). The van der Waals surface area contributed by atoms with Crippen molar-refractivity contribution in [3.05, 3.63) is 53.6 Å². The highest BCUT2D eigenvalue weighted by Gasteiger charge is 2.32. The lowest BCUT2D eigenvalue weighted by atomic mass is 9.75. The third-order valence-electron chi connectivity index (χ3n) is 4.54. The van der Waals surface area contributed by atoms with Gasteiger partial charge in [0.1, 0.15) is 11.4 Å². The summed E-state index contributed by atoms with van der Waals surface area (Å²) in [7, 11) is 1.84. The summed E-state index contributed by atoms with van der Waals surface area (Å²) in [5, 5.41) is 18.0. The van der Waals surface area contributed by atoms with Gasteiger partial charge in [-0.3, -0.25) is 4.68 Å². The molecular weight excluding hydrogens is 281 g/mol. The summed E-state index contributed by atoms with van der Waals surface area (Å²) in [5.41, 5.74) is 1.09. The highest BCUT2D eigenvalue weighted by Crippen LogP contribution is 2.37. The Bertz CT molecular complexity index is 630. The average Bonchev–Trinajstić information content (AvgIpc) is 2.86. The van der Waals surface area contributed by atoms with Crippen LogP contribution in [-0.4, -0.2) is 27.5 Å². The summed E-state index contributed by atoms with van der Waals surface area (Å²) >= 11 is 0. The fourth-order valence-corrected chi connectivity index (χ4v) is 2.94. The molecule has 22 heavy (non-hydrogen) atoms. The summed E-state index contributed by atoms with van der Waals surface area (Å²) in [6, 6.07) is 7.16. The standard InChI is InChI=1S/C17H22FN3O/c1-17(22,14-9-20-21(2)10-14)11-19-16-7-13(8-16)12-3-5-15(18)6-4-12/h3-6,9-10,13,16,19,22H,7-8,11H2,1-2H3/t13?,16?,17-/m1/s1. The van der Waals surface area contributed by atoms with Gasteiger partial charge >= 0.3 is 0 Å². The van der Waals surface area contributed by atoms with E-state index >= 15 is 0 Å². The molecule has 0 spiro atoms. The third-order valence-corrected chi connectivity index (χ3v) is 4.54. The van der Waals surface area contributed by atoms with Crippen molar-refractivity contribution in [2.24, 2.45) is 7.05 Å². The van der Waals surface area contributed by atoms with Crippen molar-refractivity contribution in [1.29, 1.82) is 0 Å². The van der Waals surface area contributed by atoms with Crippen molar-refractivity contribution < 1.29 is 9.50 Å². The van der Waals surface area contributed by atoms with E-state index in [0.717, 1.165) is 18.4 Å². The normalized spacial score (nSPS) is 23.8. The van der Waals surface area contributed by atoms with E-state index in [9.17, 15) is 9.50 Å². The van der Waals surface area contributed by atoms with Gasteiger partial charge in [-0.2, -0.15) is 5.10 Å². The maximum absolute atomic E-state index is 12.9. The molecule has 1 aromatic carbocycles. The van der Waals surface area contributed by atoms with Crippen LogP contribution in [0.3, 0.4) is 0 Å². The van der Waals surface area contributed by atoms with Gasteiger partial charge in [0.15, 0.2) is 0 Å². The minimum absolute atomic E-state index is 0.190. The number of halogens is 1. The lowest BCUT2D eigenvalue weighted by Gasteiger charge is -2.38. The molecule has 1 aliphatic carbocycles. The Labute approximate surface area is 130 Å². The van der Waals surface area contributed by atoms with E-state index in [4.69, 9.17) is 0 Å². The van der Waals surface area contributed by atoms with E-state index in [-0.39, 0.29) is 5.82 Å². The van der Waals surface area contributed by atoms with E-state index < -0.39 is 5.60 Å². The van der Waals surface area contributed by atoms with Gasteiger partial charge < -0.3 is 10.4 Å². The van der Waals surface area contributed by atoms with E-state index in [2.05, 4.69) is 10.4 Å². The number of benzene rings is 1. The predicted molar refractivity (Wildman–Crippen MR) is 82.9 cm³/mol. The van der Waals surface area contributed by atoms with Gasteiger partial charge in [0.05, 0.1) is 6.20 Å². The lowest BCUT2D eigenvalue weighted by molar-refractivity contribution is 0.0489. The summed E-state index contributed by atoms with van der Waals surface area (Å²) in [4.78, 5) is 0. The van der Waals surface area contributed by atoms with Crippen molar-refractivity contribution >= 4 is 0 Å². The molecule has 0 amide bonds. The van der Waals surface area contributed by atoms with Gasteiger partial charge in [-0.1, -0.05) is 12.1 Å². The molecule has 2 N–H and O–H groups in total. The summed E-state index contributed by atoms with van der Waals surface area (Å²) in [6.45, 7) is 2.30. The Kier molecular flexibility index (Phi) is 4.02. The molecular formula is C17H22FN3O. The lowest BCUT2D eigenvalue weighted by Crippen LogP contribution is -2.46. The molecule has 0 aliphatic heterocycles. The van der Waals surface area contributed by atoms with Crippen molar-refractivity contribution in [1.82, 2.24) is 15.1 Å². The molecule has 1 atom stereocenters. The van der Waals surface area contributed by atoms with Gasteiger partial charge in [0, 0.05) is 31.4 Å². The highest BCUT2D eigenvalue weighted by atomic mass is 19.1. The van der Waals surface area contributed by atoms with Crippen LogP contribution in [0, 0.1) is 5.82 Å². The topological polar surface area (TPSA) is 50.1 Å². The Morgan fingerprint density at radius 1 is 1.36 bits per heavy atom. The average molecular weight is 303 g/mol. The summed E-state index contributed by atoms with van der Waals surface area (Å²) in [5.74, 6) is 0.298. The van der Waals surface area contributed by atoms with Crippen LogP contribution in [0.2, 0.25) is 0 Å². The zero-order chi connectivity index (χ0) is 15.7. The van der Waals surface area contributed by atoms with Crippen LogP contribution in [0.25, 0.3) is 0 Å². The molecule has 1 aliphatic rings. The largest absolute Gasteiger partial charge is 0.384 e. The van der Waals surface area contributed by atoms with Gasteiger partial charge in [-0.05, 0) is 43.4 Å². The Balaban J connectivity index is 1.49. The Morgan fingerprint density at radius 3 is 2.64 bits per heavy atom. The second-order valence-electron chi connectivity index (χ2n) is 6.47. The zero-order valence-electron chi connectivity index (χ0n) is 13.0. The van der Waals surface area contributed by atoms with Gasteiger partial charge in [-0.25, -0.2) is 4.39 Å². The minimum Gasteiger partial charge on any atom is -0.384 e. The molecule has 0 unspecified atom stereocenters. The molecule has 5 heteroatoms. The maximum Gasteiger partial charge on any atom is 0.123 e. The highest BCUT2D eigenvalue weighted by molar-refractivity contribution is 5.23.